The normalized spacial score (nSPS) is 23.6. The lowest BCUT2D eigenvalue weighted by atomic mass is 9.88. The number of ether oxygens (including phenoxy) is 1. The van der Waals surface area contributed by atoms with E-state index in [1.807, 2.05) is 26.1 Å². The van der Waals surface area contributed by atoms with Crippen LogP contribution in [0.15, 0.2) is 47.6 Å². The molecule has 36 heavy (non-hydrogen) atoms. The average molecular weight is 516 g/mol. The van der Waals surface area contributed by atoms with E-state index in [1.165, 1.54) is 10.7 Å². The van der Waals surface area contributed by atoms with Crippen LogP contribution >= 0.6 is 0 Å². The van der Waals surface area contributed by atoms with Gasteiger partial charge in [-0.2, -0.15) is 4.31 Å². The molecule has 2 aliphatic rings. The highest BCUT2D eigenvalue weighted by Crippen LogP contribution is 2.36. The second kappa shape index (κ2) is 11.3. The van der Waals surface area contributed by atoms with Crippen LogP contribution < -0.4 is 4.74 Å². The molecule has 1 aliphatic heterocycles. The van der Waals surface area contributed by atoms with Crippen molar-refractivity contribution in [2.75, 3.05) is 26.7 Å². The van der Waals surface area contributed by atoms with E-state index >= 15 is 0 Å². The molecule has 9 heteroatoms. The number of pyridine rings is 1. The molecule has 1 aliphatic carbocycles. The highest BCUT2D eigenvalue weighted by atomic mass is 32.2. The van der Waals surface area contributed by atoms with Crippen molar-refractivity contribution in [1.82, 2.24) is 14.2 Å². The summed E-state index contributed by atoms with van der Waals surface area (Å²) in [4.78, 5) is 19.1. The first-order chi connectivity index (χ1) is 17.2. The van der Waals surface area contributed by atoms with Crippen LogP contribution in [0.4, 0.5) is 0 Å². The van der Waals surface area contributed by atoms with Gasteiger partial charge in [0.1, 0.15) is 16.7 Å². The third-order valence-electron chi connectivity index (χ3n) is 7.45. The van der Waals surface area contributed by atoms with Crippen molar-refractivity contribution in [3.63, 3.8) is 0 Å². The minimum atomic E-state index is -3.92. The lowest BCUT2D eigenvalue weighted by molar-refractivity contribution is -0.136. The van der Waals surface area contributed by atoms with Crippen molar-refractivity contribution in [3.8, 4) is 16.9 Å². The highest BCUT2D eigenvalue weighted by molar-refractivity contribution is 7.89. The summed E-state index contributed by atoms with van der Waals surface area (Å²) in [5.41, 5.74) is 1.63. The highest BCUT2D eigenvalue weighted by Gasteiger charge is 2.39. The number of nitrogens with zero attached hydrogens (tertiary/aromatic N) is 3. The molecule has 3 atom stereocenters. The van der Waals surface area contributed by atoms with E-state index in [1.54, 1.807) is 42.4 Å². The number of likely N-dealkylation sites (N-methyl/N-ethyl adjacent to an activating group) is 1. The van der Waals surface area contributed by atoms with E-state index in [2.05, 4.69) is 4.98 Å². The smallest absolute Gasteiger partial charge is 0.247 e. The molecule has 1 aromatic heterocycles. The van der Waals surface area contributed by atoms with E-state index in [9.17, 15) is 18.3 Å². The van der Waals surface area contributed by atoms with Crippen molar-refractivity contribution in [2.45, 2.75) is 63.0 Å². The van der Waals surface area contributed by atoms with Crippen LogP contribution in [0.2, 0.25) is 0 Å². The van der Waals surface area contributed by atoms with Gasteiger partial charge < -0.3 is 14.7 Å². The number of rotatable bonds is 6. The van der Waals surface area contributed by atoms with E-state index in [0.717, 1.165) is 36.8 Å². The van der Waals surface area contributed by atoms with Crippen LogP contribution in [0.3, 0.4) is 0 Å². The van der Waals surface area contributed by atoms with Gasteiger partial charge in [0.15, 0.2) is 0 Å². The quantitative estimate of drug-likeness (QED) is 0.632. The van der Waals surface area contributed by atoms with Gasteiger partial charge in [-0.3, -0.25) is 9.78 Å². The Morgan fingerprint density at radius 3 is 2.64 bits per heavy atom. The molecule has 8 nitrogen and oxygen atoms in total. The molecule has 1 fully saturated rings. The second-order valence-corrected chi connectivity index (χ2v) is 12.1. The Labute approximate surface area is 214 Å². The fourth-order valence-corrected chi connectivity index (χ4v) is 7.00. The number of fused-ring (bicyclic) bond motifs is 1. The van der Waals surface area contributed by atoms with E-state index < -0.39 is 22.2 Å². The predicted molar refractivity (Wildman–Crippen MR) is 138 cm³/mol. The van der Waals surface area contributed by atoms with Crippen molar-refractivity contribution >= 4 is 15.9 Å². The number of carbonyl (C=O) groups is 1. The lowest BCUT2D eigenvalue weighted by Gasteiger charge is -2.38. The molecule has 1 amide bonds. The van der Waals surface area contributed by atoms with Crippen LogP contribution in [-0.2, 0) is 14.8 Å². The first kappa shape index (κ1) is 26.6. The first-order valence-electron chi connectivity index (χ1n) is 12.8. The second-order valence-electron chi connectivity index (χ2n) is 10.2. The SMILES string of the molecule is C[C@@H]1CN([C@H](C)CO)S(=O)(=O)c2ccc(-c3cccnc3)cc2O[C@@H]1CN(C)C(=O)C1CCCCC1. The Bertz CT molecular complexity index is 1150. The summed E-state index contributed by atoms with van der Waals surface area (Å²) in [6.07, 6.45) is 8.16. The van der Waals surface area contributed by atoms with E-state index in [4.69, 9.17) is 4.74 Å². The van der Waals surface area contributed by atoms with Gasteiger partial charge in [-0.05, 0) is 43.5 Å². The molecule has 0 radical (unpaired) electrons. The fourth-order valence-electron chi connectivity index (χ4n) is 5.18. The molecule has 2 aromatic rings. The molecule has 0 unspecified atom stereocenters. The Hall–Kier alpha value is -2.49. The number of aliphatic hydroxyl groups is 1. The van der Waals surface area contributed by atoms with Gasteiger partial charge in [0.2, 0.25) is 15.9 Å². The third kappa shape index (κ3) is 5.58. The monoisotopic (exact) mass is 515 g/mol. The number of benzene rings is 1. The molecule has 1 N–H and O–H groups in total. The molecular weight excluding hydrogens is 478 g/mol. The van der Waals surface area contributed by atoms with E-state index in [-0.39, 0.29) is 41.5 Å². The molecular formula is C27H37N3O5S. The zero-order chi connectivity index (χ0) is 25.9. The van der Waals surface area contributed by atoms with E-state index in [0.29, 0.717) is 6.54 Å². The number of hydrogen-bond donors (Lipinski definition) is 1. The molecule has 1 aromatic carbocycles. The maximum atomic E-state index is 13.7. The van der Waals surface area contributed by atoms with Crippen LogP contribution in [0, 0.1) is 11.8 Å². The summed E-state index contributed by atoms with van der Waals surface area (Å²) in [5.74, 6) is 0.209. The van der Waals surface area contributed by atoms with Crippen LogP contribution in [-0.4, -0.2) is 72.5 Å². The van der Waals surface area contributed by atoms with Gasteiger partial charge in [0.05, 0.1) is 13.2 Å². The van der Waals surface area contributed by atoms with Gasteiger partial charge in [0, 0.05) is 49.4 Å². The largest absolute Gasteiger partial charge is 0.487 e. The van der Waals surface area contributed by atoms with Crippen LogP contribution in [0.25, 0.3) is 11.1 Å². The first-order valence-corrected chi connectivity index (χ1v) is 14.2. The van der Waals surface area contributed by atoms with Crippen molar-refractivity contribution < 1.29 is 23.1 Å². The number of aliphatic hydroxyl groups excluding tert-OH is 1. The molecule has 0 spiro atoms. The van der Waals surface area contributed by atoms with Crippen LogP contribution in [0.5, 0.6) is 5.75 Å². The summed E-state index contributed by atoms with van der Waals surface area (Å²) in [5, 5.41) is 9.84. The zero-order valence-electron chi connectivity index (χ0n) is 21.3. The molecule has 4 rings (SSSR count). The number of sulfonamides is 1. The van der Waals surface area contributed by atoms with Gasteiger partial charge in [-0.15, -0.1) is 0 Å². The predicted octanol–water partition coefficient (Wildman–Crippen LogP) is 3.56. The molecule has 0 saturated heterocycles. The topological polar surface area (TPSA) is 100 Å². The maximum Gasteiger partial charge on any atom is 0.247 e. The minimum Gasteiger partial charge on any atom is -0.487 e. The third-order valence-corrected chi connectivity index (χ3v) is 9.47. The number of amides is 1. The van der Waals surface area contributed by atoms with Crippen molar-refractivity contribution in [1.29, 1.82) is 0 Å². The Kier molecular flexibility index (Phi) is 8.32. The summed E-state index contributed by atoms with van der Waals surface area (Å²) >= 11 is 0. The number of aromatic nitrogens is 1. The average Bonchev–Trinajstić information content (AvgIpc) is 2.90. The Morgan fingerprint density at radius 1 is 1.22 bits per heavy atom. The Morgan fingerprint density at radius 2 is 1.97 bits per heavy atom. The standard InChI is InChI=1S/C27H37N3O5S/c1-19-16-30(20(2)18-31)36(33,34)26-12-11-22(23-10-7-13-28-15-23)14-24(26)35-25(19)17-29(3)27(32)21-8-5-4-6-9-21/h7,10-15,19-21,25,31H,4-6,8-9,16-18H2,1-3H3/t19-,20-,25-/m1/s1. The fraction of sp³-hybridized carbons (Fsp3) is 0.556. The minimum absolute atomic E-state index is 0.0448. The van der Waals surface area contributed by atoms with Gasteiger partial charge >= 0.3 is 0 Å². The Balaban J connectivity index is 1.70. The van der Waals surface area contributed by atoms with Crippen molar-refractivity contribution in [2.24, 2.45) is 11.8 Å². The van der Waals surface area contributed by atoms with Crippen molar-refractivity contribution in [3.05, 3.63) is 42.7 Å². The summed E-state index contributed by atoms with van der Waals surface area (Å²) < 4.78 is 35.1. The maximum absolute atomic E-state index is 13.7. The summed E-state index contributed by atoms with van der Waals surface area (Å²) in [7, 11) is -2.11. The molecule has 0 bridgehead atoms. The zero-order valence-corrected chi connectivity index (χ0v) is 22.2. The van der Waals surface area contributed by atoms with Gasteiger partial charge in [0.25, 0.3) is 0 Å². The summed E-state index contributed by atoms with van der Waals surface area (Å²) in [6.45, 7) is 3.88. The lowest BCUT2D eigenvalue weighted by Crippen LogP contribution is -2.50. The van der Waals surface area contributed by atoms with Gasteiger partial charge in [-0.25, -0.2) is 8.42 Å². The number of carbonyl (C=O) groups excluding carboxylic acids is 1. The molecule has 1 saturated carbocycles. The summed E-state index contributed by atoms with van der Waals surface area (Å²) in [6, 6.07) is 8.18. The number of hydrogen-bond acceptors (Lipinski definition) is 6. The van der Waals surface area contributed by atoms with Gasteiger partial charge in [-0.1, -0.05) is 38.3 Å². The molecule has 196 valence electrons. The molecule has 2 heterocycles. The van der Waals surface area contributed by atoms with Crippen LogP contribution in [0.1, 0.15) is 46.0 Å².